The number of benzene rings is 1. The van der Waals surface area contributed by atoms with Crippen LogP contribution in [0.5, 0.6) is 0 Å². The highest BCUT2D eigenvalue weighted by molar-refractivity contribution is 7.80. The van der Waals surface area contributed by atoms with Gasteiger partial charge in [-0.15, -0.1) is 0 Å². The molecule has 0 saturated carbocycles. The molecule has 1 aromatic carbocycles. The minimum absolute atomic E-state index is 0.598. The average Bonchev–Trinajstić information content (AvgIpc) is 2.44. The van der Waals surface area contributed by atoms with Crippen LogP contribution in [0.25, 0.3) is 0 Å². The minimum atomic E-state index is 0.598. The first-order valence-corrected chi connectivity index (χ1v) is 9.29. The first-order chi connectivity index (χ1) is 10.6. The Kier molecular flexibility index (Phi) is 10.6. The van der Waals surface area contributed by atoms with Crippen LogP contribution in [0.3, 0.4) is 0 Å². The molecule has 1 aromatic rings. The average molecular weight is 361 g/mol. The Balaban J connectivity index is 2.06. The number of hydrogen-bond donors (Lipinski definition) is 2. The lowest BCUT2D eigenvalue weighted by molar-refractivity contribution is 0.573. The van der Waals surface area contributed by atoms with Crippen molar-refractivity contribution >= 4 is 46.2 Å². The van der Waals surface area contributed by atoms with E-state index >= 15 is 0 Å². The molecule has 0 aliphatic rings. The van der Waals surface area contributed by atoms with Gasteiger partial charge >= 0.3 is 0 Å². The van der Waals surface area contributed by atoms with E-state index in [4.69, 9.17) is 35.4 Å². The van der Waals surface area contributed by atoms with Gasteiger partial charge in [-0.1, -0.05) is 75.1 Å². The van der Waals surface area contributed by atoms with Crippen molar-refractivity contribution in [3.63, 3.8) is 0 Å². The van der Waals surface area contributed by atoms with Crippen molar-refractivity contribution in [3.8, 4) is 0 Å². The molecule has 0 heterocycles. The molecule has 0 unspecified atom stereocenters. The zero-order valence-corrected chi connectivity index (χ0v) is 15.6. The molecular weight excluding hydrogens is 335 g/mol. The summed E-state index contributed by atoms with van der Waals surface area (Å²) in [6.45, 7) is 3.15. The highest BCUT2D eigenvalue weighted by Crippen LogP contribution is 2.22. The predicted molar refractivity (Wildman–Crippen MR) is 103 cm³/mol. The fourth-order valence-corrected chi connectivity index (χ4v) is 3.01. The van der Waals surface area contributed by atoms with E-state index in [9.17, 15) is 0 Å². The van der Waals surface area contributed by atoms with Crippen molar-refractivity contribution in [1.29, 1.82) is 0 Å². The van der Waals surface area contributed by atoms with Gasteiger partial charge in [-0.25, -0.2) is 0 Å². The fourth-order valence-electron chi connectivity index (χ4n) is 2.26. The zero-order chi connectivity index (χ0) is 16.2. The summed E-state index contributed by atoms with van der Waals surface area (Å²) < 4.78 is 0. The van der Waals surface area contributed by atoms with Gasteiger partial charge in [0.05, 0.1) is 0 Å². The van der Waals surface area contributed by atoms with E-state index < -0.39 is 0 Å². The molecule has 0 aromatic heterocycles. The first kappa shape index (κ1) is 19.5. The molecule has 124 valence electrons. The van der Waals surface area contributed by atoms with Crippen LogP contribution >= 0.6 is 35.4 Å². The van der Waals surface area contributed by atoms with Crippen molar-refractivity contribution in [3.05, 3.63) is 28.2 Å². The largest absolute Gasteiger partial charge is 0.362 e. The molecule has 0 aliphatic heterocycles. The fraction of sp³-hybridized carbons (Fsp3) is 0.588. The second kappa shape index (κ2) is 12.0. The third-order valence-corrected chi connectivity index (χ3v) is 4.12. The summed E-state index contributed by atoms with van der Waals surface area (Å²) >= 11 is 17.2. The summed E-state index contributed by atoms with van der Waals surface area (Å²) in [6, 6.07) is 5.31. The Bertz CT molecular complexity index is 432. The molecule has 2 N–H and O–H groups in total. The summed E-state index contributed by atoms with van der Waals surface area (Å²) in [5.41, 5.74) is 0.811. The molecule has 0 aliphatic carbocycles. The molecular formula is C17H26Cl2N2S. The zero-order valence-electron chi connectivity index (χ0n) is 13.3. The molecule has 0 amide bonds. The Hall–Kier alpha value is -0.510. The monoisotopic (exact) mass is 360 g/mol. The van der Waals surface area contributed by atoms with E-state index in [1.165, 1.54) is 44.9 Å². The van der Waals surface area contributed by atoms with Crippen LogP contribution in [0, 0.1) is 0 Å². The Labute approximate surface area is 150 Å². The maximum atomic E-state index is 5.95. The number of halogens is 2. The number of rotatable bonds is 10. The summed E-state index contributed by atoms with van der Waals surface area (Å²) in [5, 5.41) is 8.12. The standard InChI is InChI=1S/C17H26Cl2N2S/c1-2-3-4-5-6-7-8-9-10-20-17(22)21-16-12-14(18)11-15(19)13-16/h11-13H,2-10H2,1H3,(H2,20,21,22). The van der Waals surface area contributed by atoms with Crippen LogP contribution in [0.4, 0.5) is 5.69 Å². The molecule has 0 saturated heterocycles. The smallest absolute Gasteiger partial charge is 0.170 e. The maximum Gasteiger partial charge on any atom is 0.170 e. The molecule has 22 heavy (non-hydrogen) atoms. The van der Waals surface area contributed by atoms with Gasteiger partial charge in [-0.3, -0.25) is 0 Å². The van der Waals surface area contributed by atoms with Crippen molar-refractivity contribution < 1.29 is 0 Å². The Morgan fingerprint density at radius 1 is 0.909 bits per heavy atom. The van der Waals surface area contributed by atoms with E-state index in [2.05, 4.69) is 17.6 Å². The highest BCUT2D eigenvalue weighted by atomic mass is 35.5. The molecule has 0 spiro atoms. The number of thiocarbonyl (C=S) groups is 1. The molecule has 1 rings (SSSR count). The maximum absolute atomic E-state index is 5.95. The summed E-state index contributed by atoms with van der Waals surface area (Å²) in [7, 11) is 0. The normalized spacial score (nSPS) is 10.5. The third-order valence-electron chi connectivity index (χ3n) is 3.44. The lowest BCUT2D eigenvalue weighted by Crippen LogP contribution is -2.29. The van der Waals surface area contributed by atoms with Gasteiger partial charge in [0.1, 0.15) is 0 Å². The SMILES string of the molecule is CCCCCCCCCCNC(=S)Nc1cc(Cl)cc(Cl)c1. The Morgan fingerprint density at radius 2 is 1.45 bits per heavy atom. The summed E-state index contributed by atoms with van der Waals surface area (Å²) in [4.78, 5) is 0. The number of nitrogens with one attached hydrogen (secondary N) is 2. The molecule has 0 radical (unpaired) electrons. The third kappa shape index (κ3) is 9.50. The molecule has 0 bridgehead atoms. The lowest BCUT2D eigenvalue weighted by atomic mass is 10.1. The van der Waals surface area contributed by atoms with Crippen LogP contribution in [-0.2, 0) is 0 Å². The van der Waals surface area contributed by atoms with E-state index in [-0.39, 0.29) is 0 Å². The quantitative estimate of drug-likeness (QED) is 0.371. The van der Waals surface area contributed by atoms with E-state index in [1.807, 2.05) is 0 Å². The van der Waals surface area contributed by atoms with Gasteiger partial charge in [0.2, 0.25) is 0 Å². The van der Waals surface area contributed by atoms with Gasteiger partial charge in [0.15, 0.2) is 5.11 Å². The first-order valence-electron chi connectivity index (χ1n) is 8.12. The topological polar surface area (TPSA) is 24.1 Å². The number of unbranched alkanes of at least 4 members (excludes halogenated alkanes) is 7. The molecule has 0 atom stereocenters. The van der Waals surface area contributed by atoms with Gasteiger partial charge in [-0.05, 0) is 36.8 Å². The van der Waals surface area contributed by atoms with Crippen LogP contribution in [0.2, 0.25) is 10.0 Å². The number of anilines is 1. The predicted octanol–water partition coefficient (Wildman–Crippen LogP) is 6.42. The molecule has 2 nitrogen and oxygen atoms in total. The highest BCUT2D eigenvalue weighted by Gasteiger charge is 2.00. The van der Waals surface area contributed by atoms with E-state index in [1.54, 1.807) is 18.2 Å². The van der Waals surface area contributed by atoms with Crippen molar-refractivity contribution in [2.45, 2.75) is 58.3 Å². The molecule has 0 fully saturated rings. The van der Waals surface area contributed by atoms with Crippen molar-refractivity contribution in [2.75, 3.05) is 11.9 Å². The van der Waals surface area contributed by atoms with Crippen LogP contribution in [0.1, 0.15) is 58.3 Å². The Morgan fingerprint density at radius 3 is 2.05 bits per heavy atom. The van der Waals surface area contributed by atoms with E-state index in [0.29, 0.717) is 15.2 Å². The van der Waals surface area contributed by atoms with Gasteiger partial charge in [0.25, 0.3) is 0 Å². The van der Waals surface area contributed by atoms with Crippen molar-refractivity contribution in [2.24, 2.45) is 0 Å². The van der Waals surface area contributed by atoms with Gasteiger partial charge in [0, 0.05) is 22.3 Å². The van der Waals surface area contributed by atoms with Gasteiger partial charge in [-0.2, -0.15) is 0 Å². The second-order valence-corrected chi connectivity index (χ2v) is 6.80. The molecule has 5 heteroatoms. The minimum Gasteiger partial charge on any atom is -0.362 e. The summed E-state index contributed by atoms with van der Waals surface area (Å²) in [6.07, 6.45) is 10.5. The van der Waals surface area contributed by atoms with Gasteiger partial charge < -0.3 is 10.6 Å². The van der Waals surface area contributed by atoms with Crippen LogP contribution in [-0.4, -0.2) is 11.7 Å². The van der Waals surface area contributed by atoms with Crippen molar-refractivity contribution in [1.82, 2.24) is 5.32 Å². The van der Waals surface area contributed by atoms with E-state index in [0.717, 1.165) is 18.7 Å². The number of hydrogen-bond acceptors (Lipinski definition) is 1. The second-order valence-electron chi connectivity index (χ2n) is 5.51. The lowest BCUT2D eigenvalue weighted by Gasteiger charge is -2.11. The van der Waals surface area contributed by atoms with Crippen LogP contribution in [0.15, 0.2) is 18.2 Å². The van der Waals surface area contributed by atoms with Crippen LogP contribution < -0.4 is 10.6 Å². The summed E-state index contributed by atoms with van der Waals surface area (Å²) in [5.74, 6) is 0.